The number of likely N-dealkylation sites (tertiary alicyclic amines) is 1. The molecule has 0 spiro atoms. The van der Waals surface area contributed by atoms with Crippen LogP contribution in [0.5, 0.6) is 0 Å². The molecule has 2 heterocycles. The van der Waals surface area contributed by atoms with Gasteiger partial charge >= 0.3 is 0 Å². The molecule has 9 heteroatoms. The molecule has 0 saturated carbocycles. The smallest absolute Gasteiger partial charge is 0.243 e. The van der Waals surface area contributed by atoms with Gasteiger partial charge in [-0.25, -0.2) is 13.4 Å². The van der Waals surface area contributed by atoms with E-state index in [1.807, 2.05) is 12.1 Å². The minimum absolute atomic E-state index is 0. The molecule has 1 aromatic carbocycles. The van der Waals surface area contributed by atoms with E-state index in [4.69, 9.17) is 5.73 Å². The fourth-order valence-electron chi connectivity index (χ4n) is 3.84. The molecule has 28 heavy (non-hydrogen) atoms. The van der Waals surface area contributed by atoms with Crippen molar-refractivity contribution in [2.45, 2.75) is 50.1 Å². The molecule has 1 aromatic rings. The summed E-state index contributed by atoms with van der Waals surface area (Å²) in [4.78, 5) is 7.19. The molecule has 2 saturated heterocycles. The van der Waals surface area contributed by atoms with Crippen LogP contribution >= 0.6 is 24.0 Å². The van der Waals surface area contributed by atoms with Crippen LogP contribution in [0.25, 0.3) is 0 Å². The quantitative estimate of drug-likeness (QED) is 0.326. The van der Waals surface area contributed by atoms with Crippen LogP contribution in [0.3, 0.4) is 0 Å². The maximum absolute atomic E-state index is 12.5. The number of hydrogen-bond donors (Lipinski definition) is 2. The van der Waals surface area contributed by atoms with Gasteiger partial charge in [0.1, 0.15) is 0 Å². The molecule has 7 nitrogen and oxygen atoms in total. The zero-order valence-electron chi connectivity index (χ0n) is 16.5. The molecule has 2 aliphatic heterocycles. The largest absolute Gasteiger partial charge is 0.370 e. The van der Waals surface area contributed by atoms with Crippen molar-refractivity contribution < 1.29 is 8.42 Å². The summed E-state index contributed by atoms with van der Waals surface area (Å²) in [7, 11) is -3.36. The predicted octanol–water partition coefficient (Wildman–Crippen LogP) is 1.98. The number of sulfonamides is 1. The lowest BCUT2D eigenvalue weighted by molar-refractivity contribution is 0.267. The molecule has 3 rings (SSSR count). The molecule has 0 amide bonds. The summed E-state index contributed by atoms with van der Waals surface area (Å²) < 4.78 is 26.6. The van der Waals surface area contributed by atoms with E-state index in [1.54, 1.807) is 16.4 Å². The molecular weight excluding hydrogens is 489 g/mol. The zero-order chi connectivity index (χ0) is 19.3. The first-order chi connectivity index (χ1) is 13.0. The van der Waals surface area contributed by atoms with E-state index in [9.17, 15) is 8.42 Å². The van der Waals surface area contributed by atoms with Gasteiger partial charge in [-0.05, 0) is 56.5 Å². The number of aliphatic imine (C=N–C) groups is 1. The Morgan fingerprint density at radius 1 is 1.18 bits per heavy atom. The highest BCUT2D eigenvalue weighted by atomic mass is 127. The number of likely N-dealkylation sites (N-methyl/N-ethyl adjacent to an activating group) is 1. The van der Waals surface area contributed by atoms with Gasteiger partial charge in [-0.1, -0.05) is 19.1 Å². The molecule has 0 radical (unpaired) electrons. The zero-order valence-corrected chi connectivity index (χ0v) is 19.7. The van der Waals surface area contributed by atoms with Crippen molar-refractivity contribution in [3.05, 3.63) is 29.8 Å². The Morgan fingerprint density at radius 2 is 1.86 bits per heavy atom. The van der Waals surface area contributed by atoms with Gasteiger partial charge in [0.15, 0.2) is 5.96 Å². The Labute approximate surface area is 185 Å². The molecule has 1 unspecified atom stereocenters. The Hall–Kier alpha value is -0.910. The Bertz CT molecular complexity index is 748. The minimum atomic E-state index is -3.36. The van der Waals surface area contributed by atoms with Crippen LogP contribution in [0.1, 0.15) is 38.2 Å². The second-order valence-corrected chi connectivity index (χ2v) is 9.20. The summed E-state index contributed by atoms with van der Waals surface area (Å²) in [6, 6.07) is 7.49. The fourth-order valence-corrected chi connectivity index (χ4v) is 5.36. The second kappa shape index (κ2) is 10.7. The van der Waals surface area contributed by atoms with E-state index < -0.39 is 10.0 Å². The van der Waals surface area contributed by atoms with E-state index in [-0.39, 0.29) is 24.0 Å². The van der Waals surface area contributed by atoms with Crippen molar-refractivity contribution >= 4 is 40.0 Å². The standard InChI is InChI=1S/C19H31N5O2S.HI/c1-2-23-11-5-6-17(23)15-22-19(20)21-14-16-7-9-18(10-8-16)27(25,26)24-12-3-4-13-24;/h7-10,17H,2-6,11-15H2,1H3,(H3,20,21,22);1H. The second-order valence-electron chi connectivity index (χ2n) is 7.26. The van der Waals surface area contributed by atoms with Gasteiger partial charge in [-0.3, -0.25) is 4.90 Å². The van der Waals surface area contributed by atoms with Gasteiger partial charge in [-0.15, -0.1) is 24.0 Å². The third kappa shape index (κ3) is 5.80. The number of guanidine groups is 1. The van der Waals surface area contributed by atoms with Gasteiger partial charge < -0.3 is 11.1 Å². The first-order valence-electron chi connectivity index (χ1n) is 9.87. The lowest BCUT2D eigenvalue weighted by Crippen LogP contribution is -2.42. The van der Waals surface area contributed by atoms with Crippen LogP contribution in [0, 0.1) is 0 Å². The number of hydrogen-bond acceptors (Lipinski definition) is 4. The monoisotopic (exact) mass is 521 g/mol. The van der Waals surface area contributed by atoms with Crippen LogP contribution in [0.2, 0.25) is 0 Å². The van der Waals surface area contributed by atoms with E-state index in [0.29, 0.717) is 36.5 Å². The highest BCUT2D eigenvalue weighted by molar-refractivity contribution is 14.0. The molecule has 2 aliphatic rings. The van der Waals surface area contributed by atoms with Crippen LogP contribution in [0.4, 0.5) is 0 Å². The molecule has 158 valence electrons. The molecule has 2 fully saturated rings. The number of halogens is 1. The summed E-state index contributed by atoms with van der Waals surface area (Å²) >= 11 is 0. The maximum atomic E-state index is 12.5. The maximum Gasteiger partial charge on any atom is 0.243 e. The van der Waals surface area contributed by atoms with Crippen LogP contribution < -0.4 is 11.1 Å². The van der Waals surface area contributed by atoms with Crippen molar-refractivity contribution in [2.24, 2.45) is 10.7 Å². The Balaban J connectivity index is 0.00000280. The lowest BCUT2D eigenvalue weighted by Gasteiger charge is -2.23. The third-order valence-corrected chi connectivity index (χ3v) is 7.40. The number of nitrogens with two attached hydrogens (primary N) is 1. The van der Waals surface area contributed by atoms with Crippen molar-refractivity contribution in [1.82, 2.24) is 14.5 Å². The topological polar surface area (TPSA) is 91.0 Å². The van der Waals surface area contributed by atoms with Crippen LogP contribution in [0.15, 0.2) is 34.2 Å². The van der Waals surface area contributed by atoms with Gasteiger partial charge in [0, 0.05) is 25.7 Å². The first kappa shape index (κ1) is 23.4. The van der Waals surface area contributed by atoms with E-state index in [2.05, 4.69) is 22.1 Å². The minimum Gasteiger partial charge on any atom is -0.370 e. The number of rotatable bonds is 7. The number of nitrogens with zero attached hydrogens (tertiary/aromatic N) is 3. The van der Waals surface area contributed by atoms with Gasteiger partial charge in [-0.2, -0.15) is 4.31 Å². The molecular formula is C19H32IN5O2S. The predicted molar refractivity (Wildman–Crippen MR) is 123 cm³/mol. The normalized spacial score (nSPS) is 21.6. The van der Waals surface area contributed by atoms with E-state index in [1.165, 1.54) is 12.8 Å². The summed E-state index contributed by atoms with van der Waals surface area (Å²) in [6.45, 7) is 6.90. The Morgan fingerprint density at radius 3 is 2.50 bits per heavy atom. The summed E-state index contributed by atoms with van der Waals surface area (Å²) in [5.74, 6) is 0.437. The van der Waals surface area contributed by atoms with Crippen LogP contribution in [-0.4, -0.2) is 62.3 Å². The average molecular weight is 521 g/mol. The molecule has 0 aromatic heterocycles. The summed E-state index contributed by atoms with van der Waals surface area (Å²) in [5, 5.41) is 3.22. The highest BCUT2D eigenvalue weighted by Crippen LogP contribution is 2.21. The van der Waals surface area contributed by atoms with E-state index >= 15 is 0 Å². The van der Waals surface area contributed by atoms with Crippen LogP contribution in [-0.2, 0) is 16.6 Å². The number of benzene rings is 1. The van der Waals surface area contributed by atoms with E-state index in [0.717, 1.165) is 38.0 Å². The molecule has 3 N–H and O–H groups in total. The van der Waals surface area contributed by atoms with Crippen molar-refractivity contribution in [3.63, 3.8) is 0 Å². The van der Waals surface area contributed by atoms with Gasteiger partial charge in [0.2, 0.25) is 10.0 Å². The highest BCUT2D eigenvalue weighted by Gasteiger charge is 2.27. The van der Waals surface area contributed by atoms with Gasteiger partial charge in [0.05, 0.1) is 11.4 Å². The summed E-state index contributed by atoms with van der Waals surface area (Å²) in [5.41, 5.74) is 6.93. The molecule has 0 bridgehead atoms. The third-order valence-electron chi connectivity index (χ3n) is 5.48. The SMILES string of the molecule is CCN1CCCC1CNC(N)=NCc1ccc(S(=O)(=O)N2CCCC2)cc1.I. The van der Waals surface area contributed by atoms with Crippen molar-refractivity contribution in [2.75, 3.05) is 32.7 Å². The fraction of sp³-hybridized carbons (Fsp3) is 0.632. The molecule has 0 aliphatic carbocycles. The lowest BCUT2D eigenvalue weighted by atomic mass is 10.2. The van der Waals surface area contributed by atoms with Crippen molar-refractivity contribution in [1.29, 1.82) is 0 Å². The Kier molecular flexibility index (Phi) is 8.97. The van der Waals surface area contributed by atoms with Crippen molar-refractivity contribution in [3.8, 4) is 0 Å². The molecule has 1 atom stereocenters. The number of nitrogens with one attached hydrogen (secondary N) is 1. The van der Waals surface area contributed by atoms with Gasteiger partial charge in [0.25, 0.3) is 0 Å². The first-order valence-corrected chi connectivity index (χ1v) is 11.3. The average Bonchev–Trinajstić information content (AvgIpc) is 3.36. The summed E-state index contributed by atoms with van der Waals surface area (Å²) in [6.07, 6.45) is 4.31.